The van der Waals surface area contributed by atoms with Crippen molar-refractivity contribution in [3.8, 4) is 0 Å². The van der Waals surface area contributed by atoms with E-state index in [4.69, 9.17) is 0 Å². The number of amides is 2. The van der Waals surface area contributed by atoms with Crippen LogP contribution in [0.4, 0.5) is 23.7 Å². The largest absolute Gasteiger partial charge is 0.391 e. The standard InChI is InChI=1S/C18H24F3N3O/c19-18(20,21)14-6-10-24(11-7-14)17(25)22-15-8-12-23(13-9-15)16-4-2-1-3-5-16/h1-5,14-15H,6-13H2,(H,22,25). The SMILES string of the molecule is O=C(NC1CCN(c2ccccc2)CC1)N1CCC(C(F)(F)F)CC1. The van der Waals surface area contributed by atoms with E-state index in [9.17, 15) is 18.0 Å². The second-order valence-electron chi connectivity index (χ2n) is 6.85. The van der Waals surface area contributed by atoms with Crippen molar-refractivity contribution in [3.05, 3.63) is 30.3 Å². The number of piperidine rings is 2. The van der Waals surface area contributed by atoms with E-state index in [0.29, 0.717) is 0 Å². The van der Waals surface area contributed by atoms with Crippen LogP contribution in [0.1, 0.15) is 25.7 Å². The Kier molecular flexibility index (Phi) is 5.39. The van der Waals surface area contributed by atoms with Crippen molar-refractivity contribution in [2.45, 2.75) is 37.9 Å². The summed E-state index contributed by atoms with van der Waals surface area (Å²) in [6.45, 7) is 2.09. The molecule has 0 saturated carbocycles. The van der Waals surface area contributed by atoms with Gasteiger partial charge in [0.15, 0.2) is 0 Å². The number of hydrogen-bond acceptors (Lipinski definition) is 2. The molecule has 4 nitrogen and oxygen atoms in total. The fourth-order valence-electron chi connectivity index (χ4n) is 3.60. The van der Waals surface area contributed by atoms with E-state index >= 15 is 0 Å². The van der Waals surface area contributed by atoms with E-state index in [0.717, 1.165) is 25.9 Å². The average Bonchev–Trinajstić information content (AvgIpc) is 2.62. The summed E-state index contributed by atoms with van der Waals surface area (Å²) < 4.78 is 38.1. The molecule has 0 radical (unpaired) electrons. The maximum absolute atomic E-state index is 12.7. The molecule has 2 fully saturated rings. The van der Waals surface area contributed by atoms with Crippen LogP contribution in [-0.4, -0.2) is 49.3 Å². The molecule has 0 atom stereocenters. The molecule has 2 amide bonds. The van der Waals surface area contributed by atoms with E-state index in [1.807, 2.05) is 18.2 Å². The molecule has 138 valence electrons. The predicted octanol–water partition coefficient (Wildman–Crippen LogP) is 3.64. The molecule has 2 aliphatic heterocycles. The number of benzene rings is 1. The van der Waals surface area contributed by atoms with Crippen molar-refractivity contribution in [3.63, 3.8) is 0 Å². The van der Waals surface area contributed by atoms with Gasteiger partial charge in [0.2, 0.25) is 0 Å². The van der Waals surface area contributed by atoms with Crippen molar-refractivity contribution in [2.75, 3.05) is 31.1 Å². The summed E-state index contributed by atoms with van der Waals surface area (Å²) in [6.07, 6.45) is -2.45. The number of carbonyl (C=O) groups excluding carboxylic acids is 1. The minimum absolute atomic E-state index is 0.00334. The van der Waals surface area contributed by atoms with Gasteiger partial charge in [-0.3, -0.25) is 0 Å². The van der Waals surface area contributed by atoms with Gasteiger partial charge in [0.05, 0.1) is 5.92 Å². The lowest BCUT2D eigenvalue weighted by atomic mass is 9.96. The Bertz CT molecular complexity index is 563. The maximum atomic E-state index is 12.7. The van der Waals surface area contributed by atoms with Gasteiger partial charge in [0.25, 0.3) is 0 Å². The number of nitrogens with one attached hydrogen (secondary N) is 1. The quantitative estimate of drug-likeness (QED) is 0.879. The Balaban J connectivity index is 1.43. The molecule has 25 heavy (non-hydrogen) atoms. The zero-order chi connectivity index (χ0) is 17.9. The molecule has 1 aromatic carbocycles. The Morgan fingerprint density at radius 1 is 0.960 bits per heavy atom. The smallest absolute Gasteiger partial charge is 0.371 e. The van der Waals surface area contributed by atoms with Gasteiger partial charge in [0, 0.05) is 37.9 Å². The number of para-hydroxylation sites is 1. The number of likely N-dealkylation sites (tertiary alicyclic amines) is 1. The van der Waals surface area contributed by atoms with Gasteiger partial charge in [-0.2, -0.15) is 13.2 Å². The molecule has 0 aromatic heterocycles. The third-order valence-corrected chi connectivity index (χ3v) is 5.19. The Morgan fingerprint density at radius 3 is 2.12 bits per heavy atom. The molecule has 2 saturated heterocycles. The molecule has 7 heteroatoms. The highest BCUT2D eigenvalue weighted by molar-refractivity contribution is 5.74. The van der Waals surface area contributed by atoms with Crippen LogP contribution in [0.15, 0.2) is 30.3 Å². The van der Waals surface area contributed by atoms with E-state index in [1.165, 1.54) is 10.6 Å². The molecule has 2 heterocycles. The van der Waals surface area contributed by atoms with Crippen molar-refractivity contribution in [2.24, 2.45) is 5.92 Å². The van der Waals surface area contributed by atoms with Gasteiger partial charge < -0.3 is 15.1 Å². The zero-order valence-electron chi connectivity index (χ0n) is 14.1. The van der Waals surface area contributed by atoms with Crippen LogP contribution in [0.5, 0.6) is 0 Å². The van der Waals surface area contributed by atoms with E-state index in [1.54, 1.807) is 0 Å². The molecular weight excluding hydrogens is 331 g/mol. The minimum atomic E-state index is -4.15. The fraction of sp³-hybridized carbons (Fsp3) is 0.611. The summed E-state index contributed by atoms with van der Waals surface area (Å²) in [5.41, 5.74) is 1.18. The molecule has 2 aliphatic rings. The second-order valence-corrected chi connectivity index (χ2v) is 6.85. The maximum Gasteiger partial charge on any atom is 0.391 e. The Morgan fingerprint density at radius 2 is 1.56 bits per heavy atom. The zero-order valence-corrected chi connectivity index (χ0v) is 14.1. The highest BCUT2D eigenvalue weighted by Crippen LogP contribution is 2.34. The third kappa shape index (κ3) is 4.58. The molecule has 0 bridgehead atoms. The lowest BCUT2D eigenvalue weighted by molar-refractivity contribution is -0.183. The van der Waals surface area contributed by atoms with Crippen molar-refractivity contribution >= 4 is 11.7 Å². The van der Waals surface area contributed by atoms with Crippen LogP contribution in [0.25, 0.3) is 0 Å². The van der Waals surface area contributed by atoms with Gasteiger partial charge >= 0.3 is 12.2 Å². The van der Waals surface area contributed by atoms with Gasteiger partial charge in [-0.05, 0) is 37.8 Å². The van der Waals surface area contributed by atoms with E-state index in [2.05, 4.69) is 22.3 Å². The van der Waals surface area contributed by atoms with Gasteiger partial charge in [-0.1, -0.05) is 18.2 Å². The number of nitrogens with zero attached hydrogens (tertiary/aromatic N) is 2. The predicted molar refractivity (Wildman–Crippen MR) is 90.6 cm³/mol. The normalized spacial score (nSPS) is 20.6. The van der Waals surface area contributed by atoms with Crippen LogP contribution >= 0.6 is 0 Å². The number of hydrogen-bond donors (Lipinski definition) is 1. The monoisotopic (exact) mass is 355 g/mol. The molecular formula is C18H24F3N3O. The van der Waals surface area contributed by atoms with Gasteiger partial charge in [0.1, 0.15) is 0 Å². The van der Waals surface area contributed by atoms with Crippen LogP contribution in [0.2, 0.25) is 0 Å². The summed E-state index contributed by atoms with van der Waals surface area (Å²) >= 11 is 0. The van der Waals surface area contributed by atoms with Crippen LogP contribution in [0, 0.1) is 5.92 Å². The van der Waals surface area contributed by atoms with E-state index < -0.39 is 12.1 Å². The summed E-state index contributed by atoms with van der Waals surface area (Å²) in [7, 11) is 0. The summed E-state index contributed by atoms with van der Waals surface area (Å²) in [5, 5.41) is 2.99. The number of rotatable bonds is 2. The summed E-state index contributed by atoms with van der Waals surface area (Å²) in [6, 6.07) is 10.0. The molecule has 1 aromatic rings. The van der Waals surface area contributed by atoms with Crippen molar-refractivity contribution in [1.82, 2.24) is 10.2 Å². The van der Waals surface area contributed by atoms with Gasteiger partial charge in [-0.15, -0.1) is 0 Å². The number of urea groups is 1. The fourth-order valence-corrected chi connectivity index (χ4v) is 3.60. The highest BCUT2D eigenvalue weighted by Gasteiger charge is 2.41. The number of anilines is 1. The number of halogens is 3. The molecule has 0 aliphatic carbocycles. The molecule has 1 N–H and O–H groups in total. The average molecular weight is 355 g/mol. The summed E-state index contributed by atoms with van der Waals surface area (Å²) in [4.78, 5) is 16.1. The Hall–Kier alpha value is -1.92. The van der Waals surface area contributed by atoms with Crippen LogP contribution in [-0.2, 0) is 0 Å². The molecule has 0 spiro atoms. The highest BCUT2D eigenvalue weighted by atomic mass is 19.4. The first-order valence-electron chi connectivity index (χ1n) is 8.85. The molecule has 3 rings (SSSR count). The summed E-state index contributed by atoms with van der Waals surface area (Å²) in [5.74, 6) is -1.27. The lowest BCUT2D eigenvalue weighted by Crippen LogP contribution is -2.51. The van der Waals surface area contributed by atoms with Crippen LogP contribution in [0.3, 0.4) is 0 Å². The topological polar surface area (TPSA) is 35.6 Å². The molecule has 0 unspecified atom stereocenters. The first-order valence-corrected chi connectivity index (χ1v) is 8.85. The second kappa shape index (κ2) is 7.54. The number of alkyl halides is 3. The van der Waals surface area contributed by atoms with Crippen molar-refractivity contribution in [1.29, 1.82) is 0 Å². The Labute approximate surface area is 146 Å². The lowest BCUT2D eigenvalue weighted by Gasteiger charge is -2.37. The van der Waals surface area contributed by atoms with Crippen LogP contribution < -0.4 is 10.2 Å². The number of carbonyl (C=O) groups is 1. The minimum Gasteiger partial charge on any atom is -0.371 e. The van der Waals surface area contributed by atoms with Gasteiger partial charge in [-0.25, -0.2) is 4.79 Å². The first kappa shape index (κ1) is 17.9. The van der Waals surface area contributed by atoms with E-state index in [-0.39, 0.29) is 38.0 Å². The first-order chi connectivity index (χ1) is 11.9. The van der Waals surface area contributed by atoms with Crippen molar-refractivity contribution < 1.29 is 18.0 Å². The third-order valence-electron chi connectivity index (χ3n) is 5.19.